The number of methoxy groups -OCH3 is 1. The highest BCUT2D eigenvalue weighted by molar-refractivity contribution is 5.79. The standard InChI is InChI=1S/C22H26N2O3/c1-17(25)23-12-14-24(15-13-23)22(26)16-21(18-6-4-3-5-7-18)19-8-10-20(27-2)11-9-19/h3-11,21H,12-16H2,1-2H3/t21-/m1/s1. The normalized spacial score (nSPS) is 15.3. The van der Waals surface area contributed by atoms with Crippen LogP contribution < -0.4 is 4.74 Å². The van der Waals surface area contributed by atoms with E-state index in [1.54, 1.807) is 18.9 Å². The zero-order valence-corrected chi connectivity index (χ0v) is 15.9. The van der Waals surface area contributed by atoms with Crippen molar-refractivity contribution in [3.8, 4) is 5.75 Å². The molecule has 5 nitrogen and oxygen atoms in total. The maximum Gasteiger partial charge on any atom is 0.223 e. The Labute approximate surface area is 160 Å². The molecular weight excluding hydrogens is 340 g/mol. The predicted octanol–water partition coefficient (Wildman–Crippen LogP) is 2.91. The second-order valence-corrected chi connectivity index (χ2v) is 6.83. The second kappa shape index (κ2) is 8.71. The van der Waals surface area contributed by atoms with Crippen LogP contribution in [0.5, 0.6) is 5.75 Å². The Bertz CT molecular complexity index is 766. The molecule has 142 valence electrons. The molecule has 3 rings (SSSR count). The molecule has 2 aromatic carbocycles. The predicted molar refractivity (Wildman–Crippen MR) is 105 cm³/mol. The summed E-state index contributed by atoms with van der Waals surface area (Å²) in [6, 6.07) is 18.0. The number of nitrogens with zero attached hydrogens (tertiary/aromatic N) is 2. The van der Waals surface area contributed by atoms with Crippen LogP contribution >= 0.6 is 0 Å². The molecule has 2 amide bonds. The van der Waals surface area contributed by atoms with Crippen LogP contribution in [-0.2, 0) is 9.59 Å². The molecule has 0 N–H and O–H groups in total. The monoisotopic (exact) mass is 366 g/mol. The fourth-order valence-corrected chi connectivity index (χ4v) is 3.52. The molecule has 1 aliphatic heterocycles. The fourth-order valence-electron chi connectivity index (χ4n) is 3.52. The van der Waals surface area contributed by atoms with Gasteiger partial charge in [0.25, 0.3) is 0 Å². The molecule has 0 spiro atoms. The van der Waals surface area contributed by atoms with Crippen LogP contribution in [0.1, 0.15) is 30.4 Å². The average molecular weight is 366 g/mol. The number of ether oxygens (including phenoxy) is 1. The van der Waals surface area contributed by atoms with Crippen molar-refractivity contribution >= 4 is 11.8 Å². The van der Waals surface area contributed by atoms with E-state index in [0.717, 1.165) is 16.9 Å². The lowest BCUT2D eigenvalue weighted by Gasteiger charge is -2.35. The van der Waals surface area contributed by atoms with Crippen LogP contribution in [0.4, 0.5) is 0 Å². The van der Waals surface area contributed by atoms with Crippen molar-refractivity contribution in [3.63, 3.8) is 0 Å². The highest BCUT2D eigenvalue weighted by Gasteiger charge is 2.26. The highest BCUT2D eigenvalue weighted by Crippen LogP contribution is 2.30. The Morgan fingerprint density at radius 1 is 0.889 bits per heavy atom. The molecule has 1 atom stereocenters. The molecule has 1 fully saturated rings. The van der Waals surface area contributed by atoms with E-state index in [9.17, 15) is 9.59 Å². The first kappa shape index (κ1) is 19.0. The van der Waals surface area contributed by atoms with E-state index in [4.69, 9.17) is 4.74 Å². The van der Waals surface area contributed by atoms with Gasteiger partial charge in [0.1, 0.15) is 5.75 Å². The third kappa shape index (κ3) is 4.67. The van der Waals surface area contributed by atoms with Crippen molar-refractivity contribution in [2.24, 2.45) is 0 Å². The van der Waals surface area contributed by atoms with Gasteiger partial charge in [-0.3, -0.25) is 9.59 Å². The lowest BCUT2D eigenvalue weighted by atomic mass is 9.88. The fraction of sp³-hybridized carbons (Fsp3) is 0.364. The smallest absolute Gasteiger partial charge is 0.223 e. The number of amides is 2. The molecule has 5 heteroatoms. The Kier molecular flexibility index (Phi) is 6.12. The lowest BCUT2D eigenvalue weighted by Crippen LogP contribution is -2.50. The van der Waals surface area contributed by atoms with E-state index < -0.39 is 0 Å². The molecule has 0 aromatic heterocycles. The Morgan fingerprint density at radius 2 is 1.44 bits per heavy atom. The first-order valence-corrected chi connectivity index (χ1v) is 9.30. The van der Waals surface area contributed by atoms with E-state index >= 15 is 0 Å². The van der Waals surface area contributed by atoms with Gasteiger partial charge in [-0.25, -0.2) is 0 Å². The lowest BCUT2D eigenvalue weighted by molar-refractivity contribution is -0.138. The molecule has 0 bridgehead atoms. The maximum atomic E-state index is 13.0. The zero-order valence-electron chi connectivity index (χ0n) is 15.9. The summed E-state index contributed by atoms with van der Waals surface area (Å²) in [5.74, 6) is 0.998. The van der Waals surface area contributed by atoms with Gasteiger partial charge >= 0.3 is 0 Å². The van der Waals surface area contributed by atoms with Crippen molar-refractivity contribution in [1.29, 1.82) is 0 Å². The number of hydrogen-bond donors (Lipinski definition) is 0. The molecule has 0 aliphatic carbocycles. The molecular formula is C22H26N2O3. The largest absolute Gasteiger partial charge is 0.497 e. The zero-order chi connectivity index (χ0) is 19.2. The summed E-state index contributed by atoms with van der Waals surface area (Å²) < 4.78 is 5.25. The maximum absolute atomic E-state index is 13.0. The summed E-state index contributed by atoms with van der Waals surface area (Å²) >= 11 is 0. The topological polar surface area (TPSA) is 49.9 Å². The Balaban J connectivity index is 1.75. The third-order valence-electron chi connectivity index (χ3n) is 5.18. The highest BCUT2D eigenvalue weighted by atomic mass is 16.5. The van der Waals surface area contributed by atoms with E-state index in [1.807, 2.05) is 47.4 Å². The van der Waals surface area contributed by atoms with E-state index in [2.05, 4.69) is 12.1 Å². The Morgan fingerprint density at radius 3 is 2.00 bits per heavy atom. The van der Waals surface area contributed by atoms with Gasteiger partial charge in [-0.05, 0) is 23.3 Å². The van der Waals surface area contributed by atoms with Gasteiger partial charge in [0.2, 0.25) is 11.8 Å². The van der Waals surface area contributed by atoms with Crippen molar-refractivity contribution in [3.05, 3.63) is 65.7 Å². The molecule has 1 aliphatic rings. The van der Waals surface area contributed by atoms with Crippen molar-refractivity contribution in [2.45, 2.75) is 19.3 Å². The number of carbonyl (C=O) groups excluding carboxylic acids is 2. The van der Waals surface area contributed by atoms with Crippen LogP contribution in [0.3, 0.4) is 0 Å². The Hall–Kier alpha value is -2.82. The molecule has 2 aromatic rings. The first-order chi connectivity index (χ1) is 13.1. The van der Waals surface area contributed by atoms with Crippen LogP contribution in [-0.4, -0.2) is 54.9 Å². The minimum absolute atomic E-state index is 0.00422. The van der Waals surface area contributed by atoms with Crippen LogP contribution in [0.2, 0.25) is 0 Å². The van der Waals surface area contributed by atoms with Gasteiger partial charge in [-0.15, -0.1) is 0 Å². The van der Waals surface area contributed by atoms with Gasteiger partial charge < -0.3 is 14.5 Å². The third-order valence-corrected chi connectivity index (χ3v) is 5.18. The van der Waals surface area contributed by atoms with Gasteiger partial charge in [0, 0.05) is 45.4 Å². The van der Waals surface area contributed by atoms with Crippen molar-refractivity contribution in [2.75, 3.05) is 33.3 Å². The molecule has 1 heterocycles. The second-order valence-electron chi connectivity index (χ2n) is 6.83. The summed E-state index contributed by atoms with van der Waals surface area (Å²) in [6.45, 7) is 4.00. The van der Waals surface area contributed by atoms with Crippen LogP contribution in [0.15, 0.2) is 54.6 Å². The van der Waals surface area contributed by atoms with E-state index in [-0.39, 0.29) is 17.7 Å². The number of hydrogen-bond acceptors (Lipinski definition) is 3. The van der Waals surface area contributed by atoms with E-state index in [0.29, 0.717) is 32.6 Å². The van der Waals surface area contributed by atoms with Gasteiger partial charge in [0.05, 0.1) is 7.11 Å². The summed E-state index contributed by atoms with van der Waals surface area (Å²) in [5, 5.41) is 0. The summed E-state index contributed by atoms with van der Waals surface area (Å²) in [5.41, 5.74) is 2.22. The number of carbonyl (C=O) groups is 2. The van der Waals surface area contributed by atoms with E-state index in [1.165, 1.54) is 0 Å². The molecule has 0 unspecified atom stereocenters. The molecule has 0 saturated carbocycles. The molecule has 27 heavy (non-hydrogen) atoms. The van der Waals surface area contributed by atoms with Crippen LogP contribution in [0, 0.1) is 0 Å². The first-order valence-electron chi connectivity index (χ1n) is 9.30. The number of piperazine rings is 1. The minimum atomic E-state index is -0.00422. The average Bonchev–Trinajstić information content (AvgIpc) is 2.72. The van der Waals surface area contributed by atoms with Gasteiger partial charge in [-0.1, -0.05) is 42.5 Å². The van der Waals surface area contributed by atoms with Gasteiger partial charge in [0.15, 0.2) is 0 Å². The molecule has 1 saturated heterocycles. The number of rotatable bonds is 5. The minimum Gasteiger partial charge on any atom is -0.497 e. The summed E-state index contributed by atoms with van der Waals surface area (Å²) in [4.78, 5) is 28.1. The quantitative estimate of drug-likeness (QED) is 0.818. The summed E-state index contributed by atoms with van der Waals surface area (Å²) in [7, 11) is 1.65. The number of benzene rings is 2. The summed E-state index contributed by atoms with van der Waals surface area (Å²) in [6.07, 6.45) is 0.413. The molecule has 0 radical (unpaired) electrons. The van der Waals surface area contributed by atoms with Crippen molar-refractivity contribution in [1.82, 2.24) is 9.80 Å². The van der Waals surface area contributed by atoms with Crippen molar-refractivity contribution < 1.29 is 14.3 Å². The van der Waals surface area contributed by atoms with Crippen LogP contribution in [0.25, 0.3) is 0 Å². The van der Waals surface area contributed by atoms with Gasteiger partial charge in [-0.2, -0.15) is 0 Å². The SMILES string of the molecule is COc1ccc([C@H](CC(=O)N2CCN(C(C)=O)CC2)c2ccccc2)cc1.